The van der Waals surface area contributed by atoms with Gasteiger partial charge in [0.1, 0.15) is 22.4 Å². The molecule has 29 heavy (non-hydrogen) atoms. The van der Waals surface area contributed by atoms with Crippen LogP contribution in [0.3, 0.4) is 0 Å². The molecule has 2 aromatic heterocycles. The van der Waals surface area contributed by atoms with Crippen LogP contribution in [0.25, 0.3) is 28.0 Å². The Morgan fingerprint density at radius 2 is 1.79 bits per heavy atom. The monoisotopic (exact) mass is 394 g/mol. The van der Waals surface area contributed by atoms with Gasteiger partial charge in [-0.05, 0) is 42.0 Å². The number of fused-ring (bicyclic) bond motifs is 2. The molecule has 144 valence electrons. The molecule has 5 nitrogen and oxygen atoms in total. The number of alkyl halides is 3. The zero-order valence-electron chi connectivity index (χ0n) is 14.9. The van der Waals surface area contributed by atoms with Crippen molar-refractivity contribution in [2.45, 2.75) is 12.6 Å². The van der Waals surface area contributed by atoms with Gasteiger partial charge in [-0.25, -0.2) is 9.67 Å². The lowest BCUT2D eigenvalue weighted by Gasteiger charge is -2.10. The Morgan fingerprint density at radius 3 is 2.55 bits per heavy atom. The second-order valence-electron chi connectivity index (χ2n) is 6.75. The van der Waals surface area contributed by atoms with Crippen molar-refractivity contribution in [1.82, 2.24) is 14.8 Å². The molecule has 1 N–H and O–H groups in total. The molecule has 0 unspecified atom stereocenters. The molecule has 1 amide bonds. The number of benzene rings is 2. The van der Waals surface area contributed by atoms with Crippen LogP contribution < -0.4 is 5.32 Å². The van der Waals surface area contributed by atoms with Crippen molar-refractivity contribution in [2.24, 2.45) is 0 Å². The Labute approximate surface area is 162 Å². The number of aromatic nitrogens is 3. The topological polar surface area (TPSA) is 59.8 Å². The van der Waals surface area contributed by atoms with Crippen molar-refractivity contribution in [1.29, 1.82) is 0 Å². The highest BCUT2D eigenvalue weighted by atomic mass is 19.4. The predicted molar refractivity (Wildman–Crippen MR) is 102 cm³/mol. The van der Waals surface area contributed by atoms with Crippen LogP contribution in [0.1, 0.15) is 11.3 Å². The number of nitrogens with zero attached hydrogens (tertiary/aromatic N) is 3. The largest absolute Gasteiger partial charge is 0.433 e. The first-order valence-electron chi connectivity index (χ1n) is 8.86. The van der Waals surface area contributed by atoms with Crippen LogP contribution in [0.2, 0.25) is 0 Å². The maximum absolute atomic E-state index is 13.3. The molecule has 0 saturated carbocycles. The van der Waals surface area contributed by atoms with Crippen molar-refractivity contribution < 1.29 is 18.0 Å². The second-order valence-corrected chi connectivity index (χ2v) is 6.75. The lowest BCUT2D eigenvalue weighted by molar-refractivity contribution is -0.141. The summed E-state index contributed by atoms with van der Waals surface area (Å²) in [4.78, 5) is 15.6. The van der Waals surface area contributed by atoms with Crippen LogP contribution >= 0.6 is 0 Å². The number of pyridine rings is 1. The number of amides is 1. The van der Waals surface area contributed by atoms with Crippen molar-refractivity contribution >= 4 is 22.6 Å². The first-order valence-corrected chi connectivity index (χ1v) is 8.86. The van der Waals surface area contributed by atoms with E-state index in [1.54, 1.807) is 22.9 Å². The number of nitrogens with one attached hydrogen (secondary N) is 1. The van der Waals surface area contributed by atoms with E-state index in [0.717, 1.165) is 11.6 Å². The fraction of sp³-hybridized carbons (Fsp3) is 0.0952. The van der Waals surface area contributed by atoms with Crippen LogP contribution in [0.4, 0.5) is 18.9 Å². The Morgan fingerprint density at radius 1 is 1.00 bits per heavy atom. The average Bonchev–Trinajstić information content (AvgIpc) is 3.26. The van der Waals surface area contributed by atoms with Crippen LogP contribution in [0, 0.1) is 0 Å². The van der Waals surface area contributed by atoms with Gasteiger partial charge in [0.25, 0.3) is 0 Å². The molecule has 0 saturated heterocycles. The van der Waals surface area contributed by atoms with Crippen LogP contribution in [-0.4, -0.2) is 20.7 Å². The highest BCUT2D eigenvalue weighted by Gasteiger charge is 2.33. The third kappa shape index (κ3) is 2.93. The molecule has 0 fully saturated rings. The van der Waals surface area contributed by atoms with E-state index >= 15 is 0 Å². The number of hydrogen-bond acceptors (Lipinski definition) is 3. The first kappa shape index (κ1) is 17.4. The molecule has 1 aliphatic heterocycles. The smallest absolute Gasteiger partial charge is 0.326 e. The second kappa shape index (κ2) is 6.16. The summed E-state index contributed by atoms with van der Waals surface area (Å²) in [5, 5.41) is 7.25. The summed E-state index contributed by atoms with van der Waals surface area (Å²) >= 11 is 0. The van der Waals surface area contributed by atoms with Crippen molar-refractivity contribution in [3.8, 4) is 16.9 Å². The number of carbonyl (C=O) groups is 1. The Bertz CT molecular complexity index is 1260. The van der Waals surface area contributed by atoms with E-state index in [1.807, 2.05) is 30.3 Å². The van der Waals surface area contributed by atoms with Crippen LogP contribution in [-0.2, 0) is 17.4 Å². The molecule has 4 aromatic rings. The summed E-state index contributed by atoms with van der Waals surface area (Å²) in [6.45, 7) is 0. The van der Waals surface area contributed by atoms with Gasteiger partial charge in [0.2, 0.25) is 5.91 Å². The number of rotatable bonds is 2. The molecular formula is C21H13F3N4O. The number of para-hydroxylation sites is 1. The predicted octanol–water partition coefficient (Wildman–Crippen LogP) is 4.60. The van der Waals surface area contributed by atoms with E-state index in [0.29, 0.717) is 28.1 Å². The first-order chi connectivity index (χ1) is 13.9. The van der Waals surface area contributed by atoms with E-state index in [-0.39, 0.29) is 17.8 Å². The van der Waals surface area contributed by atoms with Crippen LogP contribution in [0.15, 0.2) is 60.7 Å². The summed E-state index contributed by atoms with van der Waals surface area (Å²) in [7, 11) is 0. The van der Waals surface area contributed by atoms with E-state index in [1.165, 1.54) is 6.07 Å². The van der Waals surface area contributed by atoms with Gasteiger partial charge in [-0.3, -0.25) is 4.79 Å². The maximum atomic E-state index is 13.3. The third-order valence-corrected chi connectivity index (χ3v) is 4.81. The highest BCUT2D eigenvalue weighted by molar-refractivity contribution is 6.00. The van der Waals surface area contributed by atoms with Gasteiger partial charge in [-0.2, -0.15) is 18.3 Å². The molecule has 0 bridgehead atoms. The molecule has 0 radical (unpaired) electrons. The minimum absolute atomic E-state index is 0.115. The van der Waals surface area contributed by atoms with Crippen molar-refractivity contribution in [2.75, 3.05) is 5.32 Å². The lowest BCUT2D eigenvalue weighted by atomic mass is 10.0. The van der Waals surface area contributed by atoms with Gasteiger partial charge in [-0.1, -0.05) is 24.3 Å². The van der Waals surface area contributed by atoms with Gasteiger partial charge in [0.05, 0.1) is 12.1 Å². The van der Waals surface area contributed by atoms with E-state index in [4.69, 9.17) is 0 Å². The average molecular weight is 394 g/mol. The fourth-order valence-corrected chi connectivity index (χ4v) is 3.51. The molecule has 2 aromatic carbocycles. The molecule has 8 heteroatoms. The number of halogens is 3. The summed E-state index contributed by atoms with van der Waals surface area (Å²) < 4.78 is 41.4. The zero-order valence-corrected chi connectivity index (χ0v) is 14.9. The number of carbonyl (C=O) groups excluding carboxylic acids is 1. The van der Waals surface area contributed by atoms with Gasteiger partial charge < -0.3 is 5.32 Å². The number of hydrogen-bond donors (Lipinski definition) is 1. The van der Waals surface area contributed by atoms with E-state index < -0.39 is 11.9 Å². The Kier molecular flexibility index (Phi) is 3.70. The summed E-state index contributed by atoms with van der Waals surface area (Å²) in [5.41, 5.74) is 2.80. The van der Waals surface area contributed by atoms with Crippen LogP contribution in [0.5, 0.6) is 0 Å². The highest BCUT2D eigenvalue weighted by Crippen LogP contribution is 2.36. The molecule has 0 spiro atoms. The lowest BCUT2D eigenvalue weighted by Crippen LogP contribution is -2.07. The standard InChI is InChI=1S/C21H13F3N4O/c22-21(23,24)17-9-8-16-19(26-17)20(28(27-16)14-4-2-1-3-5-14)12-6-7-15-13(10-12)11-18(29)25-15/h1-10H,11H2,(H,25,29). The normalized spacial score (nSPS) is 13.6. The molecule has 0 atom stereocenters. The Hall–Kier alpha value is -3.68. The molecule has 3 heterocycles. The summed E-state index contributed by atoms with van der Waals surface area (Å²) in [6, 6.07) is 16.7. The number of anilines is 1. The quantitative estimate of drug-likeness (QED) is 0.541. The maximum Gasteiger partial charge on any atom is 0.433 e. The molecule has 1 aliphatic rings. The molecule has 5 rings (SSSR count). The molecule has 0 aliphatic carbocycles. The minimum atomic E-state index is -4.56. The van der Waals surface area contributed by atoms with E-state index in [9.17, 15) is 18.0 Å². The minimum Gasteiger partial charge on any atom is -0.326 e. The third-order valence-electron chi connectivity index (χ3n) is 4.81. The summed E-state index contributed by atoms with van der Waals surface area (Å²) in [6.07, 6.45) is -4.34. The van der Waals surface area contributed by atoms with Gasteiger partial charge in [0, 0.05) is 11.3 Å². The van der Waals surface area contributed by atoms with Gasteiger partial charge in [0.15, 0.2) is 0 Å². The van der Waals surface area contributed by atoms with Gasteiger partial charge >= 0.3 is 6.18 Å². The van der Waals surface area contributed by atoms with Crippen molar-refractivity contribution in [3.05, 3.63) is 71.9 Å². The Balaban J connectivity index is 1.79. The summed E-state index contributed by atoms with van der Waals surface area (Å²) in [5.74, 6) is -0.115. The van der Waals surface area contributed by atoms with E-state index in [2.05, 4.69) is 15.4 Å². The zero-order chi connectivity index (χ0) is 20.2. The van der Waals surface area contributed by atoms with Crippen molar-refractivity contribution in [3.63, 3.8) is 0 Å². The SMILES string of the molecule is O=C1Cc2cc(-c3c4nc(C(F)(F)F)ccc4nn3-c3ccccc3)ccc2N1. The molecular weight excluding hydrogens is 381 g/mol. The fourth-order valence-electron chi connectivity index (χ4n) is 3.51. The van der Waals surface area contributed by atoms with Gasteiger partial charge in [-0.15, -0.1) is 0 Å².